The van der Waals surface area contributed by atoms with Crippen molar-refractivity contribution in [1.82, 2.24) is 4.90 Å². The predicted molar refractivity (Wildman–Crippen MR) is 98.9 cm³/mol. The fourth-order valence-corrected chi connectivity index (χ4v) is 3.57. The topological polar surface area (TPSA) is 23.6 Å². The Morgan fingerprint density at radius 1 is 1.04 bits per heavy atom. The number of nitrogens with zero attached hydrogens (tertiary/aromatic N) is 2. The molecule has 1 aliphatic carbocycles. The first-order chi connectivity index (χ1) is 10.7. The van der Waals surface area contributed by atoms with E-state index in [1.54, 1.807) is 0 Å². The Kier molecular flexibility index (Phi) is 6.49. The van der Waals surface area contributed by atoms with Crippen molar-refractivity contribution in [3.63, 3.8) is 0 Å². The maximum Gasteiger partial charge on any atom is 0.165 e. The minimum absolute atomic E-state index is 0. The molecule has 0 amide bonds. The molecule has 1 aliphatic heterocycles. The molecular weight excluding hydrogens is 308 g/mol. The van der Waals surface area contributed by atoms with E-state index in [4.69, 9.17) is 0 Å². The van der Waals surface area contributed by atoms with Crippen molar-refractivity contribution in [3.05, 3.63) is 29.8 Å². The van der Waals surface area contributed by atoms with Crippen LogP contribution in [0.25, 0.3) is 0 Å². The lowest BCUT2D eigenvalue weighted by molar-refractivity contribution is 0.0967. The molecule has 3 rings (SSSR count). The standard InChI is InChI=1S/C19H28N2O.ClH/c1-3-17(4-2)20-11-13-21(14-12-20)18-9-7-16(8-10-18)19(22)15-5-6-15;/h7-10,15,17H,3-6,11-14H2,1-2H3;1H. The van der Waals surface area contributed by atoms with Crippen LogP contribution in [0.3, 0.4) is 0 Å². The summed E-state index contributed by atoms with van der Waals surface area (Å²) in [5, 5.41) is 0. The van der Waals surface area contributed by atoms with Crippen LogP contribution < -0.4 is 4.90 Å². The zero-order chi connectivity index (χ0) is 15.5. The third kappa shape index (κ3) is 4.27. The molecule has 1 saturated carbocycles. The van der Waals surface area contributed by atoms with Gasteiger partial charge in [-0.15, -0.1) is 12.4 Å². The number of carbonyl (C=O) groups excluding carboxylic acids is 1. The zero-order valence-corrected chi connectivity index (χ0v) is 15.1. The van der Waals surface area contributed by atoms with Gasteiger partial charge in [0, 0.05) is 49.4 Å². The van der Waals surface area contributed by atoms with Gasteiger partial charge in [0.1, 0.15) is 0 Å². The number of ketones is 1. The van der Waals surface area contributed by atoms with Gasteiger partial charge in [-0.1, -0.05) is 13.8 Å². The summed E-state index contributed by atoms with van der Waals surface area (Å²) in [5.41, 5.74) is 2.15. The monoisotopic (exact) mass is 336 g/mol. The zero-order valence-electron chi connectivity index (χ0n) is 14.3. The molecule has 0 aromatic heterocycles. The summed E-state index contributed by atoms with van der Waals surface area (Å²) in [7, 11) is 0. The van der Waals surface area contributed by atoms with Crippen molar-refractivity contribution in [2.24, 2.45) is 5.92 Å². The van der Waals surface area contributed by atoms with Crippen LogP contribution in [0.2, 0.25) is 0 Å². The second-order valence-electron chi connectivity index (χ2n) is 6.68. The van der Waals surface area contributed by atoms with Gasteiger partial charge in [-0.25, -0.2) is 0 Å². The second kappa shape index (κ2) is 8.16. The average molecular weight is 337 g/mol. The van der Waals surface area contributed by atoms with Crippen molar-refractivity contribution < 1.29 is 4.79 Å². The fourth-order valence-electron chi connectivity index (χ4n) is 3.57. The van der Waals surface area contributed by atoms with E-state index in [2.05, 4.69) is 35.8 Å². The molecule has 0 radical (unpaired) electrons. The third-order valence-electron chi connectivity index (χ3n) is 5.24. The minimum Gasteiger partial charge on any atom is -0.369 e. The van der Waals surface area contributed by atoms with Gasteiger partial charge >= 0.3 is 0 Å². The maximum absolute atomic E-state index is 12.1. The van der Waals surface area contributed by atoms with E-state index < -0.39 is 0 Å². The average Bonchev–Trinajstić information content (AvgIpc) is 3.41. The summed E-state index contributed by atoms with van der Waals surface area (Å²) in [6, 6.07) is 9.03. The number of carbonyl (C=O) groups is 1. The molecule has 1 aromatic rings. The number of rotatable bonds is 6. The summed E-state index contributed by atoms with van der Waals surface area (Å²) in [6.07, 6.45) is 4.65. The number of halogens is 1. The van der Waals surface area contributed by atoms with Gasteiger partial charge in [0.25, 0.3) is 0 Å². The van der Waals surface area contributed by atoms with Crippen LogP contribution in [0, 0.1) is 5.92 Å². The number of Topliss-reactive ketones (excluding diaryl/α,β-unsaturated/α-hetero) is 1. The molecule has 3 nitrogen and oxygen atoms in total. The Balaban J connectivity index is 0.00000192. The van der Waals surface area contributed by atoms with Gasteiger partial charge in [0.15, 0.2) is 5.78 Å². The van der Waals surface area contributed by atoms with Gasteiger partial charge < -0.3 is 4.90 Å². The lowest BCUT2D eigenvalue weighted by Crippen LogP contribution is -2.50. The summed E-state index contributed by atoms with van der Waals surface area (Å²) in [6.45, 7) is 9.05. The van der Waals surface area contributed by atoms with Gasteiger partial charge in [0.2, 0.25) is 0 Å². The number of piperazine rings is 1. The van der Waals surface area contributed by atoms with E-state index in [0.29, 0.717) is 11.7 Å². The first kappa shape index (κ1) is 18.3. The Morgan fingerprint density at radius 3 is 2.09 bits per heavy atom. The molecule has 4 heteroatoms. The lowest BCUT2D eigenvalue weighted by atomic mass is 10.1. The van der Waals surface area contributed by atoms with E-state index in [9.17, 15) is 4.79 Å². The third-order valence-corrected chi connectivity index (χ3v) is 5.24. The Labute approximate surface area is 146 Å². The second-order valence-corrected chi connectivity index (χ2v) is 6.68. The molecular formula is C19H29ClN2O. The van der Waals surface area contributed by atoms with Crippen LogP contribution in [0.5, 0.6) is 0 Å². The van der Waals surface area contributed by atoms with Gasteiger partial charge in [-0.3, -0.25) is 9.69 Å². The van der Waals surface area contributed by atoms with E-state index in [0.717, 1.165) is 50.6 Å². The van der Waals surface area contributed by atoms with Crippen molar-refractivity contribution >= 4 is 23.9 Å². The van der Waals surface area contributed by atoms with Gasteiger partial charge in [0.05, 0.1) is 0 Å². The van der Waals surface area contributed by atoms with Crippen molar-refractivity contribution in [2.75, 3.05) is 31.1 Å². The van der Waals surface area contributed by atoms with E-state index in [1.807, 2.05) is 12.1 Å². The molecule has 0 atom stereocenters. The molecule has 1 heterocycles. The highest BCUT2D eigenvalue weighted by molar-refractivity contribution is 5.99. The molecule has 128 valence electrons. The highest BCUT2D eigenvalue weighted by Crippen LogP contribution is 2.33. The van der Waals surface area contributed by atoms with Crippen molar-refractivity contribution in [1.29, 1.82) is 0 Å². The number of hydrogen-bond donors (Lipinski definition) is 0. The lowest BCUT2D eigenvalue weighted by Gasteiger charge is -2.39. The number of anilines is 1. The van der Waals surface area contributed by atoms with Crippen molar-refractivity contribution in [2.45, 2.75) is 45.6 Å². The highest BCUT2D eigenvalue weighted by Gasteiger charge is 2.30. The van der Waals surface area contributed by atoms with E-state index in [1.165, 1.54) is 18.5 Å². The molecule has 0 spiro atoms. The first-order valence-corrected chi connectivity index (χ1v) is 8.86. The maximum atomic E-state index is 12.1. The molecule has 0 bridgehead atoms. The van der Waals surface area contributed by atoms with Crippen LogP contribution in [-0.4, -0.2) is 42.9 Å². The summed E-state index contributed by atoms with van der Waals surface area (Å²) < 4.78 is 0. The molecule has 1 saturated heterocycles. The van der Waals surface area contributed by atoms with Crippen LogP contribution in [0.1, 0.15) is 49.9 Å². The number of benzene rings is 1. The predicted octanol–water partition coefficient (Wildman–Crippen LogP) is 4.01. The Hall–Kier alpha value is -1.06. The normalized spacial score (nSPS) is 18.8. The molecule has 23 heavy (non-hydrogen) atoms. The van der Waals surface area contributed by atoms with Crippen LogP contribution in [-0.2, 0) is 0 Å². The SMILES string of the molecule is CCC(CC)N1CCN(c2ccc(C(=O)C3CC3)cc2)CC1.Cl. The quantitative estimate of drug-likeness (QED) is 0.733. The van der Waals surface area contributed by atoms with E-state index >= 15 is 0 Å². The van der Waals surface area contributed by atoms with Crippen LogP contribution in [0.4, 0.5) is 5.69 Å². The minimum atomic E-state index is 0. The molecule has 0 N–H and O–H groups in total. The largest absolute Gasteiger partial charge is 0.369 e. The van der Waals surface area contributed by atoms with E-state index in [-0.39, 0.29) is 12.4 Å². The first-order valence-electron chi connectivity index (χ1n) is 8.86. The van der Waals surface area contributed by atoms with Crippen LogP contribution in [0.15, 0.2) is 24.3 Å². The molecule has 2 aliphatic rings. The summed E-state index contributed by atoms with van der Waals surface area (Å²) in [4.78, 5) is 17.1. The summed E-state index contributed by atoms with van der Waals surface area (Å²) in [5.74, 6) is 0.652. The molecule has 0 unspecified atom stereocenters. The highest BCUT2D eigenvalue weighted by atomic mass is 35.5. The van der Waals surface area contributed by atoms with Gasteiger partial charge in [-0.2, -0.15) is 0 Å². The van der Waals surface area contributed by atoms with Crippen molar-refractivity contribution in [3.8, 4) is 0 Å². The molecule has 2 fully saturated rings. The molecule has 1 aromatic carbocycles. The Morgan fingerprint density at radius 2 is 1.61 bits per heavy atom. The Bertz CT molecular complexity index is 501. The smallest absolute Gasteiger partial charge is 0.165 e. The fraction of sp³-hybridized carbons (Fsp3) is 0.632. The van der Waals surface area contributed by atoms with Crippen LogP contribution >= 0.6 is 12.4 Å². The number of hydrogen-bond acceptors (Lipinski definition) is 3. The summed E-state index contributed by atoms with van der Waals surface area (Å²) >= 11 is 0. The van der Waals surface area contributed by atoms with Gasteiger partial charge in [-0.05, 0) is 49.9 Å².